The molecule has 0 radical (unpaired) electrons. The molecule has 1 aromatic heterocycles. The Morgan fingerprint density at radius 2 is 2.00 bits per heavy atom. The molecule has 31 heavy (non-hydrogen) atoms. The van der Waals surface area contributed by atoms with Crippen LogP contribution in [0, 0.1) is 0 Å². The monoisotopic (exact) mass is 484 g/mol. The molecule has 0 saturated carbocycles. The van der Waals surface area contributed by atoms with Crippen LogP contribution in [0.3, 0.4) is 0 Å². The van der Waals surface area contributed by atoms with Crippen molar-refractivity contribution < 1.29 is 18.0 Å². The predicted molar refractivity (Wildman–Crippen MR) is 121 cm³/mol. The molecule has 0 bridgehead atoms. The number of halogens is 1. The zero-order valence-corrected chi connectivity index (χ0v) is 19.3. The van der Waals surface area contributed by atoms with Gasteiger partial charge in [-0.25, -0.2) is 8.42 Å². The quantitative estimate of drug-likeness (QED) is 0.648. The van der Waals surface area contributed by atoms with Crippen molar-refractivity contribution in [3.8, 4) is 0 Å². The summed E-state index contributed by atoms with van der Waals surface area (Å²) in [6, 6.07) is 5.88. The summed E-state index contributed by atoms with van der Waals surface area (Å²) in [5.41, 5.74) is 5.75. The summed E-state index contributed by atoms with van der Waals surface area (Å²) in [6.07, 6.45) is 2.80. The number of thiophene rings is 1. The number of hydrogen-bond donors (Lipinski definition) is 2. The third-order valence-electron chi connectivity index (χ3n) is 5.84. The Balaban J connectivity index is 1.45. The molecule has 2 aliphatic rings. The molecule has 2 atom stereocenters. The van der Waals surface area contributed by atoms with Gasteiger partial charge in [-0.15, -0.1) is 11.3 Å². The molecule has 2 aromatic rings. The van der Waals surface area contributed by atoms with Gasteiger partial charge in [0.15, 0.2) is 0 Å². The van der Waals surface area contributed by atoms with Crippen LogP contribution in [0.1, 0.15) is 25.7 Å². The fourth-order valence-electron chi connectivity index (χ4n) is 4.24. The molecule has 2 aliphatic heterocycles. The van der Waals surface area contributed by atoms with Gasteiger partial charge in [0, 0.05) is 35.4 Å². The van der Waals surface area contributed by atoms with Gasteiger partial charge in [0.1, 0.15) is 10.3 Å². The molecule has 2 saturated heterocycles. The normalized spacial score (nSPS) is 22.5. The van der Waals surface area contributed by atoms with Crippen LogP contribution in [0.2, 0.25) is 5.02 Å². The Kier molecular flexibility index (Phi) is 6.55. The molecule has 0 aliphatic carbocycles. The van der Waals surface area contributed by atoms with Gasteiger partial charge >= 0.3 is 0 Å². The molecule has 2 amide bonds. The number of fused-ring (bicyclic) bond motifs is 1. The van der Waals surface area contributed by atoms with Gasteiger partial charge in [0.25, 0.3) is 10.0 Å². The Labute approximate surface area is 190 Å². The lowest BCUT2D eigenvalue weighted by Gasteiger charge is -2.34. The maximum Gasteiger partial charge on any atom is 0.250 e. The van der Waals surface area contributed by atoms with E-state index in [9.17, 15) is 18.0 Å². The zero-order valence-electron chi connectivity index (χ0n) is 16.9. The second kappa shape index (κ2) is 9.03. The van der Waals surface area contributed by atoms with E-state index in [0.29, 0.717) is 37.5 Å². The fourth-order valence-corrected chi connectivity index (χ4v) is 7.04. The maximum absolute atomic E-state index is 12.9. The van der Waals surface area contributed by atoms with Crippen molar-refractivity contribution in [2.24, 2.45) is 5.73 Å². The minimum absolute atomic E-state index is 0.0168. The Morgan fingerprint density at radius 1 is 1.23 bits per heavy atom. The topological polar surface area (TPSA) is 113 Å². The van der Waals surface area contributed by atoms with E-state index in [2.05, 4.69) is 4.72 Å². The molecule has 1 aromatic carbocycles. The Bertz CT molecular complexity index is 1100. The number of piperidine rings is 1. The van der Waals surface area contributed by atoms with Crippen LogP contribution < -0.4 is 10.5 Å². The summed E-state index contributed by atoms with van der Waals surface area (Å²) in [4.78, 5) is 28.8. The SMILES string of the molecule is NCC1CCCN1C(=O)CN1CCCC(NS(=O)(=O)c2cc3cc(Cl)ccc3s2)C1=O. The number of carbonyl (C=O) groups is 2. The molecule has 2 fully saturated rings. The van der Waals surface area contributed by atoms with Crippen LogP contribution in [0.25, 0.3) is 10.1 Å². The van der Waals surface area contributed by atoms with Crippen molar-refractivity contribution in [2.75, 3.05) is 26.2 Å². The molecule has 4 rings (SSSR count). The number of nitrogens with two attached hydrogens (primary N) is 1. The van der Waals surface area contributed by atoms with Crippen LogP contribution in [0.5, 0.6) is 0 Å². The van der Waals surface area contributed by atoms with Gasteiger partial charge < -0.3 is 15.5 Å². The average Bonchev–Trinajstić information content (AvgIpc) is 3.37. The van der Waals surface area contributed by atoms with Gasteiger partial charge in [-0.3, -0.25) is 9.59 Å². The molecule has 3 heterocycles. The van der Waals surface area contributed by atoms with Crippen LogP contribution in [-0.2, 0) is 19.6 Å². The number of nitrogens with zero attached hydrogens (tertiary/aromatic N) is 2. The first kappa shape index (κ1) is 22.5. The Hall–Kier alpha value is -1.72. The van der Waals surface area contributed by atoms with Crippen molar-refractivity contribution in [1.29, 1.82) is 0 Å². The van der Waals surface area contributed by atoms with Crippen molar-refractivity contribution >= 4 is 54.9 Å². The number of benzene rings is 1. The lowest BCUT2D eigenvalue weighted by molar-refractivity contribution is -0.143. The lowest BCUT2D eigenvalue weighted by Crippen LogP contribution is -2.55. The van der Waals surface area contributed by atoms with Crippen molar-refractivity contribution in [3.05, 3.63) is 29.3 Å². The number of carbonyl (C=O) groups excluding carboxylic acids is 2. The van der Waals surface area contributed by atoms with Crippen molar-refractivity contribution in [3.63, 3.8) is 0 Å². The van der Waals surface area contributed by atoms with E-state index in [4.69, 9.17) is 17.3 Å². The smallest absolute Gasteiger partial charge is 0.250 e. The largest absolute Gasteiger partial charge is 0.337 e. The number of rotatable bonds is 6. The summed E-state index contributed by atoms with van der Waals surface area (Å²) in [7, 11) is -3.88. The van der Waals surface area contributed by atoms with E-state index < -0.39 is 16.1 Å². The standard InChI is InChI=1S/C20H25ClN4O4S2/c21-14-5-6-17-13(9-14)10-19(30-17)31(28,29)23-16-4-2-7-24(20(16)27)12-18(26)25-8-1-3-15(25)11-22/h5-6,9-10,15-16,23H,1-4,7-8,11-12,22H2. The molecule has 11 heteroatoms. The first-order chi connectivity index (χ1) is 14.8. The van der Waals surface area contributed by atoms with Gasteiger partial charge in [-0.1, -0.05) is 11.6 Å². The first-order valence-corrected chi connectivity index (χ1v) is 13.0. The molecular formula is C20H25ClN4O4S2. The molecule has 168 valence electrons. The zero-order chi connectivity index (χ0) is 22.2. The molecular weight excluding hydrogens is 460 g/mol. The molecule has 2 unspecified atom stereocenters. The highest BCUT2D eigenvalue weighted by molar-refractivity contribution is 7.91. The van der Waals surface area contributed by atoms with Crippen molar-refractivity contribution in [1.82, 2.24) is 14.5 Å². The van der Waals surface area contributed by atoms with Crippen LogP contribution in [-0.4, -0.2) is 68.3 Å². The number of sulfonamides is 1. The predicted octanol–water partition coefficient (Wildman–Crippen LogP) is 1.77. The van der Waals surface area contributed by atoms with E-state index in [1.54, 1.807) is 29.2 Å². The minimum Gasteiger partial charge on any atom is -0.337 e. The number of hydrogen-bond acceptors (Lipinski definition) is 6. The highest BCUT2D eigenvalue weighted by Gasteiger charge is 2.36. The fraction of sp³-hybridized carbons (Fsp3) is 0.500. The molecule has 3 N–H and O–H groups in total. The number of nitrogens with one attached hydrogen (secondary N) is 1. The maximum atomic E-state index is 12.9. The van der Waals surface area contributed by atoms with E-state index in [-0.39, 0.29) is 28.6 Å². The van der Waals surface area contributed by atoms with Crippen LogP contribution in [0.4, 0.5) is 0 Å². The van der Waals surface area contributed by atoms with E-state index in [1.165, 1.54) is 4.90 Å². The second-order valence-electron chi connectivity index (χ2n) is 7.94. The minimum atomic E-state index is -3.88. The summed E-state index contributed by atoms with van der Waals surface area (Å²) >= 11 is 7.12. The summed E-state index contributed by atoms with van der Waals surface area (Å²) < 4.78 is 29.3. The van der Waals surface area contributed by atoms with Crippen LogP contribution in [0.15, 0.2) is 28.5 Å². The van der Waals surface area contributed by atoms with E-state index in [1.807, 2.05) is 0 Å². The first-order valence-electron chi connectivity index (χ1n) is 10.3. The second-order valence-corrected chi connectivity index (χ2v) is 11.4. The van der Waals surface area contributed by atoms with Gasteiger partial charge in [0.05, 0.1) is 6.54 Å². The average molecular weight is 485 g/mol. The lowest BCUT2D eigenvalue weighted by atomic mass is 10.1. The third kappa shape index (κ3) is 4.73. The highest BCUT2D eigenvalue weighted by Crippen LogP contribution is 2.31. The van der Waals surface area contributed by atoms with E-state index >= 15 is 0 Å². The van der Waals surface area contributed by atoms with Crippen molar-refractivity contribution in [2.45, 2.75) is 42.0 Å². The number of likely N-dealkylation sites (tertiary alicyclic amines) is 2. The summed E-state index contributed by atoms with van der Waals surface area (Å²) in [5.74, 6) is -0.498. The molecule has 0 spiro atoms. The Morgan fingerprint density at radius 3 is 2.77 bits per heavy atom. The highest BCUT2D eigenvalue weighted by atomic mass is 35.5. The molecule has 8 nitrogen and oxygen atoms in total. The summed E-state index contributed by atoms with van der Waals surface area (Å²) in [5, 5.41) is 1.26. The van der Waals surface area contributed by atoms with Crippen LogP contribution >= 0.6 is 22.9 Å². The van der Waals surface area contributed by atoms with Gasteiger partial charge in [-0.2, -0.15) is 4.72 Å². The summed E-state index contributed by atoms with van der Waals surface area (Å²) in [6.45, 7) is 1.44. The number of amides is 2. The van der Waals surface area contributed by atoms with Gasteiger partial charge in [-0.05, 0) is 55.3 Å². The van der Waals surface area contributed by atoms with E-state index in [0.717, 1.165) is 34.3 Å². The third-order valence-corrected chi connectivity index (χ3v) is 9.14. The van der Waals surface area contributed by atoms with Gasteiger partial charge in [0.2, 0.25) is 11.8 Å².